The molecule has 0 atom stereocenters. The summed E-state index contributed by atoms with van der Waals surface area (Å²) in [5, 5.41) is 9.01. The van der Waals surface area contributed by atoms with Gasteiger partial charge in [0.05, 0.1) is 18.4 Å². The minimum atomic E-state index is -0.613. The molecule has 0 bridgehead atoms. The highest BCUT2D eigenvalue weighted by Gasteiger charge is 2.18. The number of rotatable bonds is 2. The number of ether oxygens (including phenoxy) is 1. The number of hydrogen-bond donors (Lipinski definition) is 0. The van der Waals surface area contributed by atoms with Crippen LogP contribution in [-0.4, -0.2) is 18.1 Å². The first-order chi connectivity index (χ1) is 9.17. The second-order valence-corrected chi connectivity index (χ2v) is 4.05. The molecule has 0 aliphatic heterocycles. The molecule has 5 heteroatoms. The van der Waals surface area contributed by atoms with Gasteiger partial charge in [-0.1, -0.05) is 41.9 Å². The molecule has 0 aliphatic carbocycles. The van der Waals surface area contributed by atoms with E-state index in [4.69, 9.17) is 16.9 Å². The molecule has 94 valence electrons. The average molecular weight is 273 g/mol. The molecule has 2 aromatic rings. The Hall–Kier alpha value is -2.38. The number of benzene rings is 1. The Kier molecular flexibility index (Phi) is 3.79. The second-order valence-electron chi connectivity index (χ2n) is 3.69. The van der Waals surface area contributed by atoms with Crippen LogP contribution in [0.4, 0.5) is 0 Å². The number of aromatic nitrogens is 1. The SMILES string of the molecule is COC(=O)c1cc(-c2ccccc2)nc(Cl)c1C#N. The maximum Gasteiger partial charge on any atom is 0.339 e. The van der Waals surface area contributed by atoms with Crippen molar-refractivity contribution >= 4 is 17.6 Å². The lowest BCUT2D eigenvalue weighted by atomic mass is 10.1. The first-order valence-electron chi connectivity index (χ1n) is 5.41. The fraction of sp³-hybridized carbons (Fsp3) is 0.0714. The zero-order chi connectivity index (χ0) is 13.8. The van der Waals surface area contributed by atoms with E-state index >= 15 is 0 Å². The summed E-state index contributed by atoms with van der Waals surface area (Å²) < 4.78 is 4.65. The van der Waals surface area contributed by atoms with Gasteiger partial charge in [0, 0.05) is 5.56 Å². The van der Waals surface area contributed by atoms with Gasteiger partial charge in [-0.05, 0) is 6.07 Å². The smallest absolute Gasteiger partial charge is 0.339 e. The highest BCUT2D eigenvalue weighted by Crippen LogP contribution is 2.25. The molecule has 19 heavy (non-hydrogen) atoms. The summed E-state index contributed by atoms with van der Waals surface area (Å²) in [5.41, 5.74) is 1.46. The summed E-state index contributed by atoms with van der Waals surface area (Å²) >= 11 is 5.94. The third-order valence-electron chi connectivity index (χ3n) is 2.56. The molecule has 0 spiro atoms. The molecule has 0 amide bonds. The molecule has 1 aromatic carbocycles. The van der Waals surface area contributed by atoms with Gasteiger partial charge in [0.1, 0.15) is 16.8 Å². The molecule has 0 unspecified atom stereocenters. The number of hydrogen-bond acceptors (Lipinski definition) is 4. The van der Waals surface area contributed by atoms with Gasteiger partial charge in [-0.3, -0.25) is 0 Å². The van der Waals surface area contributed by atoms with E-state index in [0.29, 0.717) is 5.69 Å². The molecular formula is C14H9ClN2O2. The van der Waals surface area contributed by atoms with Crippen molar-refractivity contribution in [2.24, 2.45) is 0 Å². The van der Waals surface area contributed by atoms with Gasteiger partial charge in [-0.25, -0.2) is 9.78 Å². The third kappa shape index (κ3) is 2.56. The van der Waals surface area contributed by atoms with Crippen LogP contribution < -0.4 is 0 Å². The van der Waals surface area contributed by atoms with E-state index in [0.717, 1.165) is 5.56 Å². The van der Waals surface area contributed by atoms with Crippen LogP contribution in [0.2, 0.25) is 5.15 Å². The van der Waals surface area contributed by atoms with Crippen molar-refractivity contribution in [1.82, 2.24) is 4.98 Å². The Balaban J connectivity index is 2.64. The maximum atomic E-state index is 11.7. The molecule has 0 saturated carbocycles. The van der Waals surface area contributed by atoms with E-state index in [1.54, 1.807) is 0 Å². The number of carbonyl (C=O) groups is 1. The van der Waals surface area contributed by atoms with Gasteiger partial charge in [0.2, 0.25) is 0 Å². The van der Waals surface area contributed by atoms with Crippen molar-refractivity contribution in [3.8, 4) is 17.3 Å². The highest BCUT2D eigenvalue weighted by molar-refractivity contribution is 6.31. The largest absolute Gasteiger partial charge is 0.465 e. The summed E-state index contributed by atoms with van der Waals surface area (Å²) in [5.74, 6) is -0.613. The summed E-state index contributed by atoms with van der Waals surface area (Å²) in [6.07, 6.45) is 0. The molecule has 0 fully saturated rings. The minimum absolute atomic E-state index is 0.00995. The number of methoxy groups -OCH3 is 1. The number of nitriles is 1. The van der Waals surface area contributed by atoms with Gasteiger partial charge >= 0.3 is 5.97 Å². The van der Waals surface area contributed by atoms with Crippen molar-refractivity contribution in [3.05, 3.63) is 52.7 Å². The fourth-order valence-electron chi connectivity index (χ4n) is 1.65. The topological polar surface area (TPSA) is 63.0 Å². The Bertz CT molecular complexity index is 663. The quantitative estimate of drug-likeness (QED) is 0.623. The number of esters is 1. The van der Waals surface area contributed by atoms with Gasteiger partial charge in [-0.2, -0.15) is 5.26 Å². The van der Waals surface area contributed by atoms with Crippen LogP contribution in [0, 0.1) is 11.3 Å². The first-order valence-corrected chi connectivity index (χ1v) is 5.79. The highest BCUT2D eigenvalue weighted by atomic mass is 35.5. The lowest BCUT2D eigenvalue weighted by molar-refractivity contribution is 0.0600. The van der Waals surface area contributed by atoms with Crippen LogP contribution in [0.25, 0.3) is 11.3 Å². The van der Waals surface area contributed by atoms with E-state index in [2.05, 4.69) is 9.72 Å². The van der Waals surface area contributed by atoms with Crippen LogP contribution in [-0.2, 0) is 4.74 Å². The van der Waals surface area contributed by atoms with E-state index in [1.165, 1.54) is 13.2 Å². The average Bonchev–Trinajstić information content (AvgIpc) is 2.46. The first kappa shape index (κ1) is 13.1. The maximum absolute atomic E-state index is 11.7. The minimum Gasteiger partial charge on any atom is -0.465 e. The molecule has 1 aromatic heterocycles. The van der Waals surface area contributed by atoms with Crippen molar-refractivity contribution in [2.45, 2.75) is 0 Å². The predicted octanol–water partition coefficient (Wildman–Crippen LogP) is 3.06. The predicted molar refractivity (Wildman–Crippen MR) is 70.7 cm³/mol. The molecule has 0 N–H and O–H groups in total. The number of nitrogens with zero attached hydrogens (tertiary/aromatic N) is 2. The van der Waals surface area contributed by atoms with Crippen LogP contribution in [0.3, 0.4) is 0 Å². The Morgan fingerprint density at radius 3 is 2.63 bits per heavy atom. The number of pyridine rings is 1. The molecule has 0 saturated heterocycles. The standard InChI is InChI=1S/C14H9ClN2O2/c1-19-14(18)10-7-12(9-5-3-2-4-6-9)17-13(15)11(10)8-16/h2-7H,1H3. The lowest BCUT2D eigenvalue weighted by Gasteiger charge is -2.07. The number of halogens is 1. The van der Waals surface area contributed by atoms with Crippen LogP contribution in [0.15, 0.2) is 36.4 Å². The zero-order valence-corrected chi connectivity index (χ0v) is 10.8. The van der Waals surface area contributed by atoms with E-state index in [1.807, 2.05) is 36.4 Å². The molecule has 0 aliphatic rings. The Morgan fingerprint density at radius 1 is 1.37 bits per heavy atom. The van der Waals surface area contributed by atoms with Crippen LogP contribution >= 0.6 is 11.6 Å². The molecule has 4 nitrogen and oxygen atoms in total. The summed E-state index contributed by atoms with van der Waals surface area (Å²) in [4.78, 5) is 15.8. The summed E-state index contributed by atoms with van der Waals surface area (Å²) in [7, 11) is 1.25. The normalized spacial score (nSPS) is 9.74. The van der Waals surface area contributed by atoms with Crippen LogP contribution in [0.5, 0.6) is 0 Å². The summed E-state index contributed by atoms with van der Waals surface area (Å²) in [6.45, 7) is 0. The van der Waals surface area contributed by atoms with Crippen LogP contribution in [0.1, 0.15) is 15.9 Å². The Labute approximate surface area is 115 Å². The van der Waals surface area contributed by atoms with Crippen molar-refractivity contribution in [2.75, 3.05) is 7.11 Å². The summed E-state index contributed by atoms with van der Waals surface area (Å²) in [6, 6.07) is 12.6. The molecule has 1 heterocycles. The van der Waals surface area contributed by atoms with Gasteiger partial charge < -0.3 is 4.74 Å². The van der Waals surface area contributed by atoms with Crippen molar-refractivity contribution in [1.29, 1.82) is 5.26 Å². The van der Waals surface area contributed by atoms with E-state index < -0.39 is 5.97 Å². The molecule has 0 radical (unpaired) electrons. The molecule has 2 rings (SSSR count). The number of carbonyl (C=O) groups excluding carboxylic acids is 1. The second kappa shape index (κ2) is 5.51. The van der Waals surface area contributed by atoms with Crippen molar-refractivity contribution < 1.29 is 9.53 Å². The fourth-order valence-corrected chi connectivity index (χ4v) is 1.88. The van der Waals surface area contributed by atoms with Gasteiger partial charge in [0.25, 0.3) is 0 Å². The van der Waals surface area contributed by atoms with Crippen molar-refractivity contribution in [3.63, 3.8) is 0 Å². The molecular weight excluding hydrogens is 264 g/mol. The lowest BCUT2D eigenvalue weighted by Crippen LogP contribution is -2.06. The Morgan fingerprint density at radius 2 is 2.05 bits per heavy atom. The monoisotopic (exact) mass is 272 g/mol. The van der Waals surface area contributed by atoms with Gasteiger partial charge in [-0.15, -0.1) is 0 Å². The van der Waals surface area contributed by atoms with E-state index in [-0.39, 0.29) is 16.3 Å². The van der Waals surface area contributed by atoms with E-state index in [9.17, 15) is 4.79 Å². The van der Waals surface area contributed by atoms with Gasteiger partial charge in [0.15, 0.2) is 0 Å². The third-order valence-corrected chi connectivity index (χ3v) is 2.84. The zero-order valence-electron chi connectivity index (χ0n) is 10.1.